The van der Waals surface area contributed by atoms with Gasteiger partial charge in [0.15, 0.2) is 10.8 Å². The highest BCUT2D eigenvalue weighted by molar-refractivity contribution is 7.98. The van der Waals surface area contributed by atoms with E-state index in [4.69, 9.17) is 14.2 Å². The van der Waals surface area contributed by atoms with Crippen LogP contribution in [0.25, 0.3) is 27.9 Å². The normalized spacial score (nSPS) is 11.4. The molecule has 0 unspecified atom stereocenters. The monoisotopic (exact) mass is 418 g/mol. The third kappa shape index (κ3) is 3.37. The topological polar surface area (TPSA) is 91.2 Å². The number of ether oxygens (including phenoxy) is 1. The van der Waals surface area contributed by atoms with Crippen molar-refractivity contribution < 1.29 is 9.26 Å². The van der Waals surface area contributed by atoms with E-state index in [1.165, 1.54) is 11.8 Å². The van der Waals surface area contributed by atoms with Crippen LogP contribution in [0.5, 0.6) is 5.75 Å². The van der Waals surface area contributed by atoms with Gasteiger partial charge in [-0.2, -0.15) is 9.50 Å². The van der Waals surface area contributed by atoms with Gasteiger partial charge in [0.2, 0.25) is 11.7 Å². The summed E-state index contributed by atoms with van der Waals surface area (Å²) < 4.78 is 12.9. The number of aryl methyl sites for hydroxylation is 1. The van der Waals surface area contributed by atoms with Crippen LogP contribution in [0, 0.1) is 6.92 Å². The summed E-state index contributed by atoms with van der Waals surface area (Å²) in [6.07, 6.45) is 0. The molecule has 2 aromatic carbocycles. The van der Waals surface area contributed by atoms with Crippen molar-refractivity contribution in [2.45, 2.75) is 24.8 Å². The number of nitrogens with zero attached hydrogens (tertiary/aromatic N) is 6. The number of fused-ring (bicyclic) bond motifs is 3. The zero-order chi connectivity index (χ0) is 20.5. The van der Waals surface area contributed by atoms with Crippen molar-refractivity contribution in [1.82, 2.24) is 29.7 Å². The van der Waals surface area contributed by atoms with Crippen molar-refractivity contribution in [3.8, 4) is 17.1 Å². The third-order valence-corrected chi connectivity index (χ3v) is 5.39. The van der Waals surface area contributed by atoms with E-state index in [1.807, 2.05) is 62.4 Å². The van der Waals surface area contributed by atoms with E-state index in [2.05, 4.69) is 20.2 Å². The van der Waals surface area contributed by atoms with Gasteiger partial charge in [0, 0.05) is 5.39 Å². The molecule has 3 heterocycles. The van der Waals surface area contributed by atoms with Crippen LogP contribution < -0.4 is 4.74 Å². The first-order valence-electron chi connectivity index (χ1n) is 9.52. The summed E-state index contributed by atoms with van der Waals surface area (Å²) in [4.78, 5) is 13.8. The number of rotatable bonds is 6. The lowest BCUT2D eigenvalue weighted by Gasteiger charge is -2.06. The van der Waals surface area contributed by atoms with Gasteiger partial charge >= 0.3 is 0 Å². The Morgan fingerprint density at radius 2 is 1.87 bits per heavy atom. The van der Waals surface area contributed by atoms with E-state index < -0.39 is 0 Å². The quantitative estimate of drug-likeness (QED) is 0.297. The zero-order valence-electron chi connectivity index (χ0n) is 16.4. The number of para-hydroxylation sites is 2. The highest BCUT2D eigenvalue weighted by atomic mass is 32.2. The Bertz CT molecular complexity index is 1350. The summed E-state index contributed by atoms with van der Waals surface area (Å²) in [7, 11) is 0. The summed E-state index contributed by atoms with van der Waals surface area (Å²) >= 11 is 1.48. The fourth-order valence-corrected chi connectivity index (χ4v) is 3.99. The van der Waals surface area contributed by atoms with Crippen LogP contribution in [0.1, 0.15) is 18.6 Å². The average molecular weight is 418 g/mol. The van der Waals surface area contributed by atoms with Crippen molar-refractivity contribution in [2.24, 2.45) is 0 Å². The second kappa shape index (κ2) is 7.75. The van der Waals surface area contributed by atoms with Gasteiger partial charge in [-0.3, -0.25) is 0 Å². The van der Waals surface area contributed by atoms with Gasteiger partial charge in [0.05, 0.1) is 23.4 Å². The molecule has 0 saturated carbocycles. The van der Waals surface area contributed by atoms with Crippen molar-refractivity contribution in [3.05, 3.63) is 60.2 Å². The molecule has 0 bridgehead atoms. The van der Waals surface area contributed by atoms with Crippen LogP contribution in [0.15, 0.2) is 58.2 Å². The smallest absolute Gasteiger partial charge is 0.237 e. The van der Waals surface area contributed by atoms with Gasteiger partial charge in [-0.15, -0.1) is 5.10 Å². The van der Waals surface area contributed by atoms with Gasteiger partial charge in [-0.25, -0.2) is 9.97 Å². The fourth-order valence-electron chi connectivity index (χ4n) is 3.21. The number of thioether (sulfide) groups is 1. The first-order valence-corrected chi connectivity index (χ1v) is 10.5. The Morgan fingerprint density at radius 3 is 2.77 bits per heavy atom. The average Bonchev–Trinajstić information content (AvgIpc) is 3.39. The predicted octanol–water partition coefficient (Wildman–Crippen LogP) is 4.33. The zero-order valence-corrected chi connectivity index (χ0v) is 17.3. The maximum absolute atomic E-state index is 5.67. The summed E-state index contributed by atoms with van der Waals surface area (Å²) in [6, 6.07) is 15.6. The molecule has 0 fully saturated rings. The van der Waals surface area contributed by atoms with E-state index in [0.29, 0.717) is 29.9 Å². The summed E-state index contributed by atoms with van der Waals surface area (Å²) in [5.74, 6) is 2.89. The minimum Gasteiger partial charge on any atom is -0.493 e. The number of hydrogen-bond donors (Lipinski definition) is 0. The molecule has 30 heavy (non-hydrogen) atoms. The molecule has 5 rings (SSSR count). The molecule has 9 heteroatoms. The van der Waals surface area contributed by atoms with Gasteiger partial charge in [-0.05, 0) is 38.1 Å². The van der Waals surface area contributed by atoms with E-state index in [9.17, 15) is 0 Å². The Labute approximate surface area is 176 Å². The molecule has 150 valence electrons. The predicted molar refractivity (Wildman–Crippen MR) is 113 cm³/mol. The molecule has 0 N–H and O–H groups in total. The molecular formula is C21H18N6O2S. The van der Waals surface area contributed by atoms with Crippen LogP contribution in [0.2, 0.25) is 0 Å². The van der Waals surface area contributed by atoms with Crippen LogP contribution >= 0.6 is 11.8 Å². The highest BCUT2D eigenvalue weighted by Gasteiger charge is 2.16. The summed E-state index contributed by atoms with van der Waals surface area (Å²) in [5.41, 5.74) is 2.46. The number of aromatic nitrogens is 6. The second-order valence-corrected chi connectivity index (χ2v) is 7.48. The number of benzene rings is 2. The maximum atomic E-state index is 5.67. The Hall–Kier alpha value is -3.46. The standard InChI is InChI=1S/C21H18N6O2S/c1-3-28-17-11-7-5-9-15(17)19-24-18(29-26-19)12-30-21-23-16-10-6-4-8-14(16)20-22-13(2)25-27(20)21/h4-11H,3,12H2,1-2H3. The molecule has 0 aliphatic carbocycles. The van der Waals surface area contributed by atoms with Crippen molar-refractivity contribution in [3.63, 3.8) is 0 Å². The lowest BCUT2D eigenvalue weighted by atomic mass is 10.2. The lowest BCUT2D eigenvalue weighted by Crippen LogP contribution is -1.98. The van der Waals surface area contributed by atoms with Crippen molar-refractivity contribution in [2.75, 3.05) is 6.61 Å². The summed E-state index contributed by atoms with van der Waals surface area (Å²) in [6.45, 7) is 4.38. The van der Waals surface area contributed by atoms with E-state index in [-0.39, 0.29) is 0 Å². The number of hydrogen-bond acceptors (Lipinski definition) is 8. The molecule has 3 aromatic heterocycles. The van der Waals surface area contributed by atoms with E-state index in [1.54, 1.807) is 4.52 Å². The molecule has 0 spiro atoms. The molecule has 0 atom stereocenters. The SMILES string of the molecule is CCOc1ccccc1-c1noc(CSc2nc3ccccc3c3nc(C)nn23)n1. The molecule has 0 aliphatic heterocycles. The van der Waals surface area contributed by atoms with Gasteiger partial charge in [0.25, 0.3) is 0 Å². The highest BCUT2D eigenvalue weighted by Crippen LogP contribution is 2.29. The summed E-state index contributed by atoms with van der Waals surface area (Å²) in [5, 5.41) is 10.3. The first-order chi connectivity index (χ1) is 14.7. The Balaban J connectivity index is 1.44. The first kappa shape index (κ1) is 18.6. The van der Waals surface area contributed by atoms with Crippen LogP contribution in [0.3, 0.4) is 0 Å². The second-order valence-electron chi connectivity index (χ2n) is 6.54. The molecule has 0 radical (unpaired) electrons. The molecule has 8 nitrogen and oxygen atoms in total. The fraction of sp³-hybridized carbons (Fsp3) is 0.190. The van der Waals surface area contributed by atoms with Gasteiger partial charge < -0.3 is 9.26 Å². The minimum atomic E-state index is 0.461. The molecule has 5 aromatic rings. The Kier molecular flexibility index (Phi) is 4.80. The van der Waals surface area contributed by atoms with Crippen LogP contribution in [0.4, 0.5) is 0 Å². The van der Waals surface area contributed by atoms with Gasteiger partial charge in [-0.1, -0.05) is 41.2 Å². The van der Waals surface area contributed by atoms with E-state index >= 15 is 0 Å². The molecule has 0 aliphatic rings. The van der Waals surface area contributed by atoms with Crippen LogP contribution in [-0.4, -0.2) is 36.3 Å². The molecular weight excluding hydrogens is 400 g/mol. The van der Waals surface area contributed by atoms with Crippen molar-refractivity contribution in [1.29, 1.82) is 0 Å². The molecule has 0 amide bonds. The Morgan fingerprint density at radius 1 is 1.03 bits per heavy atom. The van der Waals surface area contributed by atoms with Gasteiger partial charge in [0.1, 0.15) is 11.6 Å². The van der Waals surface area contributed by atoms with Crippen LogP contribution in [-0.2, 0) is 5.75 Å². The minimum absolute atomic E-state index is 0.461. The maximum Gasteiger partial charge on any atom is 0.237 e. The van der Waals surface area contributed by atoms with Crippen molar-refractivity contribution >= 4 is 28.3 Å². The largest absolute Gasteiger partial charge is 0.493 e. The lowest BCUT2D eigenvalue weighted by molar-refractivity contribution is 0.341. The third-order valence-electron chi connectivity index (χ3n) is 4.48. The van der Waals surface area contributed by atoms with E-state index in [0.717, 1.165) is 33.0 Å². The molecule has 0 saturated heterocycles.